The van der Waals surface area contributed by atoms with E-state index in [1.807, 2.05) is 26.8 Å². The van der Waals surface area contributed by atoms with Crippen molar-refractivity contribution < 1.29 is 9.84 Å². The predicted molar refractivity (Wildman–Crippen MR) is 77.7 cm³/mol. The Bertz CT molecular complexity index is 711. The van der Waals surface area contributed by atoms with Gasteiger partial charge in [-0.05, 0) is 32.1 Å². The lowest BCUT2D eigenvalue weighted by Gasteiger charge is -2.08. The minimum Gasteiger partial charge on any atom is -0.496 e. The van der Waals surface area contributed by atoms with Gasteiger partial charge in [0, 0.05) is 18.2 Å². The molecule has 0 saturated heterocycles. The lowest BCUT2D eigenvalue weighted by Crippen LogP contribution is -2.04. The second-order valence-electron chi connectivity index (χ2n) is 4.82. The lowest BCUT2D eigenvalue weighted by atomic mass is 10.1. The third kappa shape index (κ3) is 2.80. The van der Waals surface area contributed by atoms with Gasteiger partial charge in [-0.25, -0.2) is 0 Å². The summed E-state index contributed by atoms with van der Waals surface area (Å²) in [4.78, 5) is 8.66. The number of rotatable bonds is 3. The normalized spacial score (nSPS) is 10.7. The summed E-state index contributed by atoms with van der Waals surface area (Å²) >= 11 is 0. The number of hydrogen-bond acceptors (Lipinski definition) is 4. The molecule has 4 nitrogen and oxygen atoms in total. The molecule has 1 heterocycles. The SMILES string of the molecule is COc1cc2ccc1=2.Cc1nc(C)c(CCO)nc1C. The van der Waals surface area contributed by atoms with Crippen LogP contribution in [0.4, 0.5) is 0 Å². The van der Waals surface area contributed by atoms with Crippen molar-refractivity contribution in [3.05, 3.63) is 51.4 Å². The molecule has 0 amide bonds. The summed E-state index contributed by atoms with van der Waals surface area (Å²) in [7, 11) is 1.70. The van der Waals surface area contributed by atoms with E-state index in [0.717, 1.165) is 28.5 Å². The molecular formula is C16H20N2O2. The minimum absolute atomic E-state index is 0.137. The van der Waals surface area contributed by atoms with Crippen LogP contribution in [0.3, 0.4) is 0 Å². The van der Waals surface area contributed by atoms with Crippen molar-refractivity contribution in [3.63, 3.8) is 0 Å². The monoisotopic (exact) mass is 272 g/mol. The van der Waals surface area contributed by atoms with Gasteiger partial charge in [-0.1, -0.05) is 12.1 Å². The zero-order valence-corrected chi connectivity index (χ0v) is 12.4. The van der Waals surface area contributed by atoms with Crippen molar-refractivity contribution in [2.24, 2.45) is 0 Å². The van der Waals surface area contributed by atoms with E-state index < -0.39 is 0 Å². The second-order valence-corrected chi connectivity index (χ2v) is 4.82. The van der Waals surface area contributed by atoms with Crippen LogP contribution >= 0.6 is 0 Å². The van der Waals surface area contributed by atoms with Gasteiger partial charge >= 0.3 is 0 Å². The third-order valence-corrected chi connectivity index (χ3v) is 3.44. The fourth-order valence-corrected chi connectivity index (χ4v) is 2.03. The molecule has 0 bridgehead atoms. The van der Waals surface area contributed by atoms with Crippen LogP contribution in [0.1, 0.15) is 22.8 Å². The molecule has 0 spiro atoms. The van der Waals surface area contributed by atoms with Crippen molar-refractivity contribution in [2.75, 3.05) is 13.7 Å². The quantitative estimate of drug-likeness (QED) is 0.794. The average molecular weight is 272 g/mol. The standard InChI is InChI=1S/C9H14N2O.C7H6O/c1-6-7(2)11-9(4-5-12)8(3)10-6;1-8-7-4-5-2-3-6(5)7/h12H,4-5H2,1-3H3;2-4H,1H3. The Hall–Kier alpha value is -1.94. The van der Waals surface area contributed by atoms with Crippen LogP contribution in [0, 0.1) is 31.2 Å². The number of benzene rings is 1. The topological polar surface area (TPSA) is 55.2 Å². The van der Waals surface area contributed by atoms with Gasteiger partial charge in [0.15, 0.2) is 0 Å². The lowest BCUT2D eigenvalue weighted by molar-refractivity contribution is 0.297. The Labute approximate surface area is 118 Å². The number of ether oxygens (including phenoxy) is 1. The van der Waals surface area contributed by atoms with Crippen molar-refractivity contribution >= 4 is 0 Å². The number of aromatic nitrogens is 2. The molecule has 0 atom stereocenters. The summed E-state index contributed by atoms with van der Waals surface area (Å²) in [6.07, 6.45) is 0.597. The van der Waals surface area contributed by atoms with Gasteiger partial charge in [0.25, 0.3) is 0 Å². The van der Waals surface area contributed by atoms with E-state index in [4.69, 9.17) is 9.84 Å². The molecule has 0 fully saturated rings. The molecule has 20 heavy (non-hydrogen) atoms. The molecule has 0 aromatic carbocycles. The number of aliphatic hydroxyl groups excluding tert-OH is 1. The van der Waals surface area contributed by atoms with Crippen molar-refractivity contribution in [2.45, 2.75) is 27.2 Å². The largest absolute Gasteiger partial charge is 0.496 e. The molecule has 0 radical (unpaired) electrons. The van der Waals surface area contributed by atoms with E-state index in [0.29, 0.717) is 6.42 Å². The number of aryl methyl sites for hydroxylation is 3. The first-order valence-electron chi connectivity index (χ1n) is 6.66. The van der Waals surface area contributed by atoms with Gasteiger partial charge in [0.1, 0.15) is 5.75 Å². The number of methoxy groups -OCH3 is 1. The highest BCUT2D eigenvalue weighted by molar-refractivity contribution is 5.38. The molecule has 0 aliphatic heterocycles. The Kier molecular flexibility index (Phi) is 4.35. The van der Waals surface area contributed by atoms with Gasteiger partial charge in [-0.15, -0.1) is 0 Å². The van der Waals surface area contributed by atoms with E-state index in [-0.39, 0.29) is 6.61 Å². The molecule has 1 aromatic heterocycles. The summed E-state index contributed by atoms with van der Waals surface area (Å²) in [6, 6.07) is 6.18. The highest BCUT2D eigenvalue weighted by Crippen LogP contribution is 2.22. The van der Waals surface area contributed by atoms with Crippen LogP contribution in [-0.4, -0.2) is 28.8 Å². The van der Waals surface area contributed by atoms with E-state index in [2.05, 4.69) is 22.1 Å². The molecule has 4 heteroatoms. The van der Waals surface area contributed by atoms with Gasteiger partial charge in [0.2, 0.25) is 0 Å². The number of nitrogens with zero attached hydrogens (tertiary/aromatic N) is 2. The Morgan fingerprint density at radius 3 is 2.15 bits per heavy atom. The van der Waals surface area contributed by atoms with Crippen LogP contribution in [0.5, 0.6) is 5.75 Å². The smallest absolute Gasteiger partial charge is 0.127 e. The fraction of sp³-hybridized carbons (Fsp3) is 0.375. The first kappa shape index (κ1) is 14.5. The van der Waals surface area contributed by atoms with Crippen molar-refractivity contribution in [3.8, 4) is 5.75 Å². The molecule has 2 aliphatic rings. The molecule has 0 saturated carbocycles. The van der Waals surface area contributed by atoms with E-state index >= 15 is 0 Å². The summed E-state index contributed by atoms with van der Waals surface area (Å²) in [6.45, 7) is 5.93. The Morgan fingerprint density at radius 1 is 1.05 bits per heavy atom. The molecule has 106 valence electrons. The van der Waals surface area contributed by atoms with E-state index in [1.165, 1.54) is 10.4 Å². The van der Waals surface area contributed by atoms with Crippen LogP contribution in [0.25, 0.3) is 0 Å². The molecule has 1 aromatic rings. The van der Waals surface area contributed by atoms with Gasteiger partial charge < -0.3 is 9.84 Å². The summed E-state index contributed by atoms with van der Waals surface area (Å²) in [5, 5.41) is 11.4. The van der Waals surface area contributed by atoms with Crippen LogP contribution < -0.4 is 4.74 Å². The van der Waals surface area contributed by atoms with Gasteiger partial charge in [-0.3, -0.25) is 9.97 Å². The number of hydrogen-bond donors (Lipinski definition) is 1. The molecule has 1 N–H and O–H groups in total. The highest BCUT2D eigenvalue weighted by Gasteiger charge is 2.04. The Balaban J connectivity index is 0.000000157. The van der Waals surface area contributed by atoms with Crippen LogP contribution in [0.15, 0.2) is 18.2 Å². The van der Waals surface area contributed by atoms with E-state index in [9.17, 15) is 0 Å². The average Bonchev–Trinajstić information content (AvgIpc) is 2.40. The zero-order chi connectivity index (χ0) is 14.7. The summed E-state index contributed by atoms with van der Waals surface area (Å²) < 4.78 is 4.97. The Morgan fingerprint density at radius 2 is 1.75 bits per heavy atom. The number of aliphatic hydroxyl groups is 1. The maximum absolute atomic E-state index is 8.74. The van der Waals surface area contributed by atoms with Crippen molar-refractivity contribution in [1.29, 1.82) is 0 Å². The fourth-order valence-electron chi connectivity index (χ4n) is 2.03. The molecular weight excluding hydrogens is 252 g/mol. The first-order valence-corrected chi connectivity index (χ1v) is 6.66. The minimum atomic E-state index is 0.137. The second kappa shape index (κ2) is 6.01. The van der Waals surface area contributed by atoms with Gasteiger partial charge in [-0.2, -0.15) is 0 Å². The predicted octanol–water partition coefficient (Wildman–Crippen LogP) is 2.23. The maximum Gasteiger partial charge on any atom is 0.127 e. The van der Waals surface area contributed by atoms with Gasteiger partial charge in [0.05, 0.1) is 29.9 Å². The third-order valence-electron chi connectivity index (χ3n) is 3.44. The first-order chi connectivity index (χ1) is 9.56. The van der Waals surface area contributed by atoms with Crippen molar-refractivity contribution in [1.82, 2.24) is 9.97 Å². The highest BCUT2D eigenvalue weighted by atomic mass is 16.5. The molecule has 0 unspecified atom stereocenters. The van der Waals surface area contributed by atoms with Crippen LogP contribution in [-0.2, 0) is 6.42 Å². The van der Waals surface area contributed by atoms with Crippen LogP contribution in [0.2, 0.25) is 0 Å². The summed E-state index contributed by atoms with van der Waals surface area (Å²) in [5.74, 6) is 1.03. The zero-order valence-electron chi connectivity index (χ0n) is 12.4. The molecule has 2 aliphatic carbocycles. The van der Waals surface area contributed by atoms with E-state index in [1.54, 1.807) is 7.11 Å². The summed E-state index contributed by atoms with van der Waals surface area (Å²) in [5.41, 5.74) is 3.74. The maximum atomic E-state index is 8.74. The molecule has 3 rings (SSSR count).